The lowest BCUT2D eigenvalue weighted by atomic mass is 10.2. The van der Waals surface area contributed by atoms with Crippen molar-refractivity contribution in [3.05, 3.63) is 40.7 Å². The smallest absolute Gasteiger partial charge is 0.254 e. The highest BCUT2D eigenvalue weighted by Crippen LogP contribution is 2.17. The van der Waals surface area contributed by atoms with Gasteiger partial charge in [-0.05, 0) is 19.9 Å². The van der Waals surface area contributed by atoms with Gasteiger partial charge in [0.1, 0.15) is 6.33 Å². The van der Waals surface area contributed by atoms with Crippen molar-refractivity contribution in [3.63, 3.8) is 0 Å². The molecule has 7 heteroatoms. The van der Waals surface area contributed by atoms with Gasteiger partial charge in [-0.1, -0.05) is 11.6 Å². The van der Waals surface area contributed by atoms with E-state index in [2.05, 4.69) is 20.5 Å². The molecule has 0 radical (unpaired) electrons. The Labute approximate surface area is 115 Å². The van der Waals surface area contributed by atoms with Gasteiger partial charge >= 0.3 is 0 Å². The second-order valence-electron chi connectivity index (χ2n) is 4.30. The summed E-state index contributed by atoms with van der Waals surface area (Å²) in [5.41, 5.74) is 1.11. The first-order valence-corrected chi connectivity index (χ1v) is 6.13. The van der Waals surface area contributed by atoms with Gasteiger partial charge in [0.2, 0.25) is 0 Å². The molecular weight excluding hydrogens is 266 g/mol. The molecular formula is C12H14ClN5O. The van der Waals surface area contributed by atoms with E-state index >= 15 is 0 Å². The normalized spacial score (nSPS) is 12.2. The Balaban J connectivity index is 2.15. The predicted octanol–water partition coefficient (Wildman–Crippen LogP) is 1.66. The number of hydrogen-bond donors (Lipinski definition) is 1. The van der Waals surface area contributed by atoms with Crippen LogP contribution in [0.3, 0.4) is 0 Å². The van der Waals surface area contributed by atoms with Crippen LogP contribution in [0.4, 0.5) is 0 Å². The van der Waals surface area contributed by atoms with Gasteiger partial charge in [0.15, 0.2) is 5.82 Å². The Bertz CT molecular complexity index is 610. The molecule has 0 aliphatic heterocycles. The summed E-state index contributed by atoms with van der Waals surface area (Å²) in [4.78, 5) is 16.2. The minimum Gasteiger partial charge on any atom is -0.342 e. The summed E-state index contributed by atoms with van der Waals surface area (Å²) >= 11 is 6.03. The van der Waals surface area contributed by atoms with E-state index in [0.717, 1.165) is 5.69 Å². The van der Waals surface area contributed by atoms with Crippen LogP contribution in [0.1, 0.15) is 34.8 Å². The molecule has 2 heterocycles. The van der Waals surface area contributed by atoms with E-state index in [1.54, 1.807) is 17.0 Å². The van der Waals surface area contributed by atoms with Crippen LogP contribution in [-0.2, 0) is 7.05 Å². The van der Waals surface area contributed by atoms with Crippen LogP contribution < -0.4 is 5.32 Å². The first-order chi connectivity index (χ1) is 8.99. The zero-order chi connectivity index (χ0) is 14.0. The van der Waals surface area contributed by atoms with Crippen LogP contribution in [0.2, 0.25) is 5.02 Å². The number of amides is 1. The molecule has 6 nitrogen and oxygen atoms in total. The van der Waals surface area contributed by atoms with E-state index in [9.17, 15) is 4.79 Å². The molecule has 1 amide bonds. The van der Waals surface area contributed by atoms with Crippen molar-refractivity contribution in [3.8, 4) is 0 Å². The summed E-state index contributed by atoms with van der Waals surface area (Å²) in [6.45, 7) is 3.65. The van der Waals surface area contributed by atoms with Crippen LogP contribution in [0.15, 0.2) is 18.6 Å². The Morgan fingerprint density at radius 3 is 2.84 bits per heavy atom. The average molecular weight is 280 g/mol. The minimum atomic E-state index is -0.284. The molecule has 100 valence electrons. The quantitative estimate of drug-likeness (QED) is 0.927. The number of halogens is 1. The maximum atomic E-state index is 12.1. The highest BCUT2D eigenvalue weighted by Gasteiger charge is 2.17. The molecule has 0 aliphatic rings. The van der Waals surface area contributed by atoms with Crippen molar-refractivity contribution in [1.29, 1.82) is 0 Å². The number of hydrogen-bond acceptors (Lipinski definition) is 4. The summed E-state index contributed by atoms with van der Waals surface area (Å²) in [7, 11) is 1.82. The van der Waals surface area contributed by atoms with E-state index in [-0.39, 0.29) is 11.9 Å². The fourth-order valence-corrected chi connectivity index (χ4v) is 2.01. The molecule has 2 rings (SSSR count). The predicted molar refractivity (Wildman–Crippen MR) is 70.9 cm³/mol. The summed E-state index contributed by atoms with van der Waals surface area (Å²) in [5, 5.41) is 10.9. The van der Waals surface area contributed by atoms with E-state index in [0.29, 0.717) is 16.4 Å². The van der Waals surface area contributed by atoms with Crippen molar-refractivity contribution in [2.45, 2.75) is 19.9 Å². The zero-order valence-electron chi connectivity index (χ0n) is 10.9. The first kappa shape index (κ1) is 13.5. The summed E-state index contributed by atoms with van der Waals surface area (Å²) < 4.78 is 1.75. The van der Waals surface area contributed by atoms with Gasteiger partial charge < -0.3 is 9.88 Å². The maximum absolute atomic E-state index is 12.1. The van der Waals surface area contributed by atoms with Gasteiger partial charge in [-0.25, -0.2) is 0 Å². The third-order valence-electron chi connectivity index (χ3n) is 2.72. The number of aryl methyl sites for hydroxylation is 2. The standard InChI is InChI=1S/C12H14ClN5O/c1-7-4-10(13)9(5-14-7)12(19)16-8(2)11-17-15-6-18(11)3/h4-6,8H,1-3H3,(H,16,19). The molecule has 0 aliphatic carbocycles. The number of nitrogens with one attached hydrogen (secondary N) is 1. The van der Waals surface area contributed by atoms with Crippen LogP contribution in [0.25, 0.3) is 0 Å². The molecule has 0 fully saturated rings. The Hall–Kier alpha value is -1.95. The SMILES string of the molecule is Cc1cc(Cl)c(C(=O)NC(C)c2nncn2C)cn1. The summed E-state index contributed by atoms with van der Waals surface area (Å²) in [6, 6.07) is 1.39. The van der Waals surface area contributed by atoms with Gasteiger partial charge in [-0.2, -0.15) is 0 Å². The summed E-state index contributed by atoms with van der Waals surface area (Å²) in [6.07, 6.45) is 3.05. The van der Waals surface area contributed by atoms with Crippen LogP contribution in [0, 0.1) is 6.92 Å². The zero-order valence-corrected chi connectivity index (χ0v) is 11.6. The number of nitrogens with zero attached hydrogens (tertiary/aromatic N) is 4. The van der Waals surface area contributed by atoms with Gasteiger partial charge in [-0.15, -0.1) is 10.2 Å². The number of pyridine rings is 1. The lowest BCUT2D eigenvalue weighted by Crippen LogP contribution is -2.28. The number of carbonyl (C=O) groups is 1. The van der Waals surface area contributed by atoms with E-state index in [1.807, 2.05) is 20.9 Å². The van der Waals surface area contributed by atoms with Crippen molar-refractivity contribution in [2.75, 3.05) is 0 Å². The molecule has 2 aromatic rings. The van der Waals surface area contributed by atoms with Gasteiger partial charge in [0.25, 0.3) is 5.91 Å². The van der Waals surface area contributed by atoms with E-state index in [4.69, 9.17) is 11.6 Å². The molecule has 2 aromatic heterocycles. The second-order valence-corrected chi connectivity index (χ2v) is 4.71. The van der Waals surface area contributed by atoms with Crippen molar-refractivity contribution in [1.82, 2.24) is 25.1 Å². The highest BCUT2D eigenvalue weighted by atomic mass is 35.5. The molecule has 0 saturated heterocycles. The Morgan fingerprint density at radius 2 is 2.26 bits per heavy atom. The molecule has 1 unspecified atom stereocenters. The monoisotopic (exact) mass is 279 g/mol. The fourth-order valence-electron chi connectivity index (χ4n) is 1.72. The molecule has 0 bridgehead atoms. The van der Waals surface area contributed by atoms with Gasteiger partial charge in [0, 0.05) is 18.9 Å². The number of aromatic nitrogens is 4. The van der Waals surface area contributed by atoms with Crippen molar-refractivity contribution < 1.29 is 4.79 Å². The lowest BCUT2D eigenvalue weighted by molar-refractivity contribution is 0.0937. The largest absolute Gasteiger partial charge is 0.342 e. The van der Waals surface area contributed by atoms with Gasteiger partial charge in [-0.3, -0.25) is 9.78 Å². The second kappa shape index (κ2) is 5.36. The van der Waals surface area contributed by atoms with E-state index in [1.165, 1.54) is 6.20 Å². The number of carbonyl (C=O) groups excluding carboxylic acids is 1. The minimum absolute atomic E-state index is 0.266. The fraction of sp³-hybridized carbons (Fsp3) is 0.333. The molecule has 0 saturated carbocycles. The Kier molecular flexibility index (Phi) is 3.80. The first-order valence-electron chi connectivity index (χ1n) is 5.76. The topological polar surface area (TPSA) is 72.7 Å². The lowest BCUT2D eigenvalue weighted by Gasteiger charge is -2.13. The number of rotatable bonds is 3. The van der Waals surface area contributed by atoms with Crippen molar-refractivity contribution >= 4 is 17.5 Å². The Morgan fingerprint density at radius 1 is 1.53 bits per heavy atom. The third-order valence-corrected chi connectivity index (χ3v) is 3.03. The molecule has 19 heavy (non-hydrogen) atoms. The molecule has 0 spiro atoms. The van der Waals surface area contributed by atoms with Crippen LogP contribution >= 0.6 is 11.6 Å². The third kappa shape index (κ3) is 2.90. The highest BCUT2D eigenvalue weighted by molar-refractivity contribution is 6.33. The van der Waals surface area contributed by atoms with Crippen LogP contribution in [-0.4, -0.2) is 25.7 Å². The molecule has 0 aromatic carbocycles. The van der Waals surface area contributed by atoms with Crippen molar-refractivity contribution in [2.24, 2.45) is 7.05 Å². The maximum Gasteiger partial charge on any atom is 0.254 e. The average Bonchev–Trinajstić information content (AvgIpc) is 2.75. The van der Waals surface area contributed by atoms with Crippen LogP contribution in [0.5, 0.6) is 0 Å². The summed E-state index contributed by atoms with van der Waals surface area (Å²) in [5.74, 6) is 0.387. The van der Waals surface area contributed by atoms with E-state index < -0.39 is 0 Å². The van der Waals surface area contributed by atoms with Gasteiger partial charge in [0.05, 0.1) is 16.6 Å². The molecule has 1 N–H and O–H groups in total. The molecule has 1 atom stereocenters.